The molecule has 1 aliphatic rings. The average Bonchev–Trinajstić information content (AvgIpc) is 2.29. The van der Waals surface area contributed by atoms with Crippen LogP contribution in [0, 0.1) is 0 Å². The largest absolute Gasteiger partial charge is 0.351 e. The monoisotopic (exact) mass is 239 g/mol. The third kappa shape index (κ3) is 5.49. The number of imide groups is 1. The molecule has 96 valence electrons. The Kier molecular flexibility index (Phi) is 5.69. The third-order valence-electron chi connectivity index (χ3n) is 2.92. The summed E-state index contributed by atoms with van der Waals surface area (Å²) in [5, 5.41) is 5.13. The molecule has 0 aromatic rings. The van der Waals surface area contributed by atoms with Crippen molar-refractivity contribution >= 4 is 11.9 Å². The van der Waals surface area contributed by atoms with Crippen LogP contribution in [-0.2, 0) is 4.79 Å². The second-order valence-electron chi connectivity index (χ2n) is 4.39. The summed E-state index contributed by atoms with van der Waals surface area (Å²) in [5.74, 6) is -0.380. The van der Waals surface area contributed by atoms with Crippen molar-refractivity contribution in [3.05, 3.63) is 11.6 Å². The number of nitrogens with two attached hydrogens (primary N) is 1. The highest BCUT2D eigenvalue weighted by atomic mass is 16.2. The predicted molar refractivity (Wildman–Crippen MR) is 66.4 cm³/mol. The average molecular weight is 239 g/mol. The Bertz CT molecular complexity index is 313. The van der Waals surface area contributed by atoms with Crippen molar-refractivity contribution in [2.45, 2.75) is 45.1 Å². The maximum Gasteiger partial charge on any atom is 0.318 e. The Hall–Kier alpha value is -1.36. The Morgan fingerprint density at radius 1 is 1.47 bits per heavy atom. The topological polar surface area (TPSA) is 84.2 Å². The van der Waals surface area contributed by atoms with E-state index in [1.54, 1.807) is 6.92 Å². The van der Waals surface area contributed by atoms with Crippen LogP contribution in [0.4, 0.5) is 4.79 Å². The lowest BCUT2D eigenvalue weighted by molar-refractivity contribution is -0.121. The van der Waals surface area contributed by atoms with Crippen LogP contribution in [0.1, 0.15) is 39.0 Å². The van der Waals surface area contributed by atoms with E-state index in [0.29, 0.717) is 0 Å². The van der Waals surface area contributed by atoms with Gasteiger partial charge in [0.25, 0.3) is 0 Å². The number of carbonyl (C=O) groups excluding carboxylic acids is 2. The first-order chi connectivity index (χ1) is 8.09. The number of rotatable bonds is 5. The second-order valence-corrected chi connectivity index (χ2v) is 4.39. The van der Waals surface area contributed by atoms with Crippen molar-refractivity contribution in [2.75, 3.05) is 6.54 Å². The Morgan fingerprint density at radius 2 is 2.24 bits per heavy atom. The van der Waals surface area contributed by atoms with Gasteiger partial charge >= 0.3 is 6.03 Å². The van der Waals surface area contributed by atoms with Crippen LogP contribution in [0.15, 0.2) is 11.6 Å². The van der Waals surface area contributed by atoms with E-state index in [1.165, 1.54) is 31.3 Å². The first kappa shape index (κ1) is 13.7. The highest BCUT2D eigenvalue weighted by Gasteiger charge is 2.13. The molecule has 1 atom stereocenters. The molecule has 0 aromatic carbocycles. The molecule has 4 N–H and O–H groups in total. The molecule has 1 unspecified atom stereocenters. The van der Waals surface area contributed by atoms with Crippen molar-refractivity contribution in [3.63, 3.8) is 0 Å². The van der Waals surface area contributed by atoms with Crippen LogP contribution in [0.5, 0.6) is 0 Å². The van der Waals surface area contributed by atoms with E-state index in [2.05, 4.69) is 16.7 Å². The van der Waals surface area contributed by atoms with E-state index in [0.717, 1.165) is 13.0 Å². The third-order valence-corrected chi connectivity index (χ3v) is 2.92. The summed E-state index contributed by atoms with van der Waals surface area (Å²) in [6.07, 6.45) is 8.15. The molecule has 3 amide bonds. The van der Waals surface area contributed by atoms with Gasteiger partial charge in [-0.25, -0.2) is 4.79 Å². The molecule has 0 saturated carbocycles. The molecular formula is C12H21N3O2. The number of amides is 3. The van der Waals surface area contributed by atoms with Gasteiger partial charge in [-0.2, -0.15) is 0 Å². The van der Waals surface area contributed by atoms with Crippen LogP contribution < -0.4 is 16.4 Å². The van der Waals surface area contributed by atoms with Crippen LogP contribution in [0.3, 0.4) is 0 Å². The van der Waals surface area contributed by atoms with E-state index >= 15 is 0 Å². The van der Waals surface area contributed by atoms with Crippen molar-refractivity contribution < 1.29 is 9.59 Å². The zero-order valence-electron chi connectivity index (χ0n) is 10.3. The molecular weight excluding hydrogens is 218 g/mol. The molecule has 0 aliphatic heterocycles. The number of carbonyl (C=O) groups is 2. The summed E-state index contributed by atoms with van der Waals surface area (Å²) >= 11 is 0. The van der Waals surface area contributed by atoms with Gasteiger partial charge in [0.05, 0.1) is 6.04 Å². The number of hydrogen-bond donors (Lipinski definition) is 3. The van der Waals surface area contributed by atoms with E-state index in [-0.39, 0.29) is 5.91 Å². The molecule has 1 rings (SSSR count). The molecule has 5 heteroatoms. The zero-order chi connectivity index (χ0) is 12.7. The van der Waals surface area contributed by atoms with Crippen LogP contribution in [0.2, 0.25) is 0 Å². The van der Waals surface area contributed by atoms with Crippen LogP contribution >= 0.6 is 0 Å². The molecule has 0 bridgehead atoms. The quantitative estimate of drug-likeness (QED) is 0.627. The second kappa shape index (κ2) is 7.06. The van der Waals surface area contributed by atoms with Gasteiger partial charge in [0.1, 0.15) is 0 Å². The lowest BCUT2D eigenvalue weighted by Crippen LogP contribution is -2.46. The van der Waals surface area contributed by atoms with E-state index in [1.807, 2.05) is 0 Å². The standard InChI is InChI=1S/C12H21N3O2/c1-9(11(16)15-12(13)17)14-8-7-10-5-3-2-4-6-10/h5,9,14H,2-4,6-8H2,1H3,(H3,13,15,16,17). The molecule has 1 aliphatic carbocycles. The molecule has 0 fully saturated rings. The van der Waals surface area contributed by atoms with Crippen molar-refractivity contribution in [1.29, 1.82) is 0 Å². The minimum atomic E-state index is -0.807. The highest BCUT2D eigenvalue weighted by Crippen LogP contribution is 2.19. The van der Waals surface area contributed by atoms with Gasteiger partial charge in [-0.05, 0) is 45.6 Å². The number of urea groups is 1. The van der Waals surface area contributed by atoms with Crippen LogP contribution in [-0.4, -0.2) is 24.5 Å². The minimum absolute atomic E-state index is 0.380. The van der Waals surface area contributed by atoms with E-state index < -0.39 is 12.1 Å². The minimum Gasteiger partial charge on any atom is -0.351 e. The van der Waals surface area contributed by atoms with Gasteiger partial charge in [-0.1, -0.05) is 11.6 Å². The predicted octanol–water partition coefficient (Wildman–Crippen LogP) is 1.05. The summed E-state index contributed by atoms with van der Waals surface area (Å²) in [6, 6.07) is -1.20. The summed E-state index contributed by atoms with van der Waals surface area (Å²) < 4.78 is 0. The number of hydrogen-bond acceptors (Lipinski definition) is 3. The normalized spacial score (nSPS) is 17.1. The molecule has 0 spiro atoms. The van der Waals surface area contributed by atoms with Crippen molar-refractivity contribution in [1.82, 2.24) is 10.6 Å². The molecule has 0 radical (unpaired) electrons. The van der Waals surface area contributed by atoms with E-state index in [4.69, 9.17) is 5.73 Å². The SMILES string of the molecule is CC(NCCC1=CCCCC1)C(=O)NC(N)=O. The summed E-state index contributed by atoms with van der Waals surface area (Å²) in [7, 11) is 0. The number of nitrogens with one attached hydrogen (secondary N) is 2. The summed E-state index contributed by atoms with van der Waals surface area (Å²) in [6.45, 7) is 2.46. The number of primary amides is 1. The van der Waals surface area contributed by atoms with Gasteiger partial charge in [0, 0.05) is 0 Å². The molecule has 5 nitrogen and oxygen atoms in total. The smallest absolute Gasteiger partial charge is 0.318 e. The highest BCUT2D eigenvalue weighted by molar-refractivity contribution is 5.96. The Balaban J connectivity index is 2.19. The van der Waals surface area contributed by atoms with Gasteiger partial charge in [0.2, 0.25) is 5.91 Å². The Morgan fingerprint density at radius 3 is 2.82 bits per heavy atom. The molecule has 0 heterocycles. The van der Waals surface area contributed by atoms with Gasteiger partial charge in [-0.15, -0.1) is 0 Å². The van der Waals surface area contributed by atoms with Crippen molar-refractivity contribution in [3.8, 4) is 0 Å². The molecule has 17 heavy (non-hydrogen) atoms. The fourth-order valence-corrected chi connectivity index (χ4v) is 1.90. The molecule has 0 saturated heterocycles. The van der Waals surface area contributed by atoms with E-state index in [9.17, 15) is 9.59 Å². The van der Waals surface area contributed by atoms with Crippen LogP contribution in [0.25, 0.3) is 0 Å². The summed E-state index contributed by atoms with van der Waals surface area (Å²) in [4.78, 5) is 21.8. The van der Waals surface area contributed by atoms with Gasteiger partial charge in [0.15, 0.2) is 0 Å². The Labute approximate surface area is 102 Å². The lowest BCUT2D eigenvalue weighted by atomic mass is 9.97. The maximum absolute atomic E-state index is 11.3. The fraction of sp³-hybridized carbons (Fsp3) is 0.667. The zero-order valence-corrected chi connectivity index (χ0v) is 10.3. The summed E-state index contributed by atoms with van der Waals surface area (Å²) in [5.41, 5.74) is 6.33. The maximum atomic E-state index is 11.3. The first-order valence-corrected chi connectivity index (χ1v) is 6.11. The lowest BCUT2D eigenvalue weighted by Gasteiger charge is -2.15. The molecule has 0 aromatic heterocycles. The fourth-order valence-electron chi connectivity index (χ4n) is 1.90. The van der Waals surface area contributed by atoms with Crippen molar-refractivity contribution in [2.24, 2.45) is 5.73 Å². The first-order valence-electron chi connectivity index (χ1n) is 6.11. The van der Waals surface area contributed by atoms with Gasteiger partial charge in [-0.3, -0.25) is 10.1 Å². The van der Waals surface area contributed by atoms with Gasteiger partial charge < -0.3 is 11.1 Å². The number of allylic oxidation sites excluding steroid dienone is 1.